The molecule has 0 radical (unpaired) electrons. The largest absolute Gasteiger partial charge is 0.497 e. The minimum Gasteiger partial charge on any atom is -0.497 e. The van der Waals surface area contributed by atoms with E-state index >= 15 is 0 Å². The third kappa shape index (κ3) is 2.85. The Morgan fingerprint density at radius 3 is 2.59 bits per heavy atom. The number of nitrogens with zero attached hydrogens (tertiary/aromatic N) is 2. The maximum Gasteiger partial charge on any atom is 0.261 e. The van der Waals surface area contributed by atoms with Gasteiger partial charge in [-0.1, -0.05) is 36.0 Å². The van der Waals surface area contributed by atoms with Crippen molar-refractivity contribution in [1.29, 1.82) is 0 Å². The molecule has 1 aromatic heterocycles. The first-order valence-corrected chi connectivity index (χ1v) is 7.89. The first kappa shape index (κ1) is 14.7. The summed E-state index contributed by atoms with van der Waals surface area (Å²) in [5, 5.41) is 1.37. The quantitative estimate of drug-likeness (QED) is 0.548. The number of rotatable bonds is 4. The number of benzene rings is 2. The van der Waals surface area contributed by atoms with Crippen LogP contribution in [0.4, 0.5) is 0 Å². The van der Waals surface area contributed by atoms with E-state index in [-0.39, 0.29) is 5.56 Å². The van der Waals surface area contributed by atoms with Gasteiger partial charge < -0.3 is 4.74 Å². The Labute approximate surface area is 132 Å². The van der Waals surface area contributed by atoms with Crippen molar-refractivity contribution in [3.8, 4) is 5.75 Å². The molecular formula is C17H16N2O2S. The van der Waals surface area contributed by atoms with Crippen molar-refractivity contribution in [1.82, 2.24) is 9.55 Å². The van der Waals surface area contributed by atoms with Gasteiger partial charge in [-0.15, -0.1) is 0 Å². The Hall–Kier alpha value is -2.27. The van der Waals surface area contributed by atoms with Crippen LogP contribution in [0.3, 0.4) is 0 Å². The topological polar surface area (TPSA) is 44.1 Å². The molecule has 0 N–H and O–H groups in total. The van der Waals surface area contributed by atoms with Gasteiger partial charge in [0, 0.05) is 12.8 Å². The molecule has 3 rings (SSSR count). The van der Waals surface area contributed by atoms with Gasteiger partial charge in [-0.2, -0.15) is 0 Å². The molecule has 0 saturated heterocycles. The van der Waals surface area contributed by atoms with Crippen molar-refractivity contribution >= 4 is 22.7 Å². The molecule has 5 heteroatoms. The van der Waals surface area contributed by atoms with Gasteiger partial charge in [0.15, 0.2) is 5.16 Å². The number of thioether (sulfide) groups is 1. The Morgan fingerprint density at radius 1 is 1.14 bits per heavy atom. The van der Waals surface area contributed by atoms with E-state index in [0.29, 0.717) is 5.39 Å². The van der Waals surface area contributed by atoms with Crippen LogP contribution in [0.5, 0.6) is 5.75 Å². The Bertz CT molecular complexity index is 857. The van der Waals surface area contributed by atoms with Crippen LogP contribution in [0.25, 0.3) is 10.9 Å². The number of ether oxygens (including phenoxy) is 1. The van der Waals surface area contributed by atoms with Gasteiger partial charge in [-0.3, -0.25) is 9.36 Å². The zero-order chi connectivity index (χ0) is 15.5. The first-order valence-electron chi connectivity index (χ1n) is 6.90. The van der Waals surface area contributed by atoms with E-state index in [1.807, 2.05) is 48.5 Å². The molecule has 112 valence electrons. The van der Waals surface area contributed by atoms with Crippen molar-refractivity contribution < 1.29 is 4.74 Å². The molecule has 0 aliphatic rings. The molecule has 0 spiro atoms. The Kier molecular flexibility index (Phi) is 4.15. The number of fused-ring (bicyclic) bond motifs is 1. The minimum absolute atomic E-state index is 0.0113. The van der Waals surface area contributed by atoms with Gasteiger partial charge in [0.25, 0.3) is 5.56 Å². The lowest BCUT2D eigenvalue weighted by Gasteiger charge is -2.09. The van der Waals surface area contributed by atoms with Crippen LogP contribution in [-0.2, 0) is 12.8 Å². The second kappa shape index (κ2) is 6.23. The zero-order valence-electron chi connectivity index (χ0n) is 12.4. The monoisotopic (exact) mass is 312 g/mol. The van der Waals surface area contributed by atoms with Crippen LogP contribution >= 0.6 is 11.8 Å². The summed E-state index contributed by atoms with van der Waals surface area (Å²) < 4.78 is 6.76. The summed E-state index contributed by atoms with van der Waals surface area (Å²) >= 11 is 1.55. The average molecular weight is 312 g/mol. The van der Waals surface area contributed by atoms with E-state index in [1.54, 1.807) is 30.5 Å². The normalized spacial score (nSPS) is 10.8. The lowest BCUT2D eigenvalue weighted by Crippen LogP contribution is -2.19. The predicted molar refractivity (Wildman–Crippen MR) is 89.5 cm³/mol. The molecule has 0 bridgehead atoms. The first-order chi connectivity index (χ1) is 10.7. The van der Waals surface area contributed by atoms with Crippen LogP contribution in [0.2, 0.25) is 0 Å². The molecular weight excluding hydrogens is 296 g/mol. The molecule has 0 unspecified atom stereocenters. The average Bonchev–Trinajstić information content (AvgIpc) is 2.57. The molecule has 3 aromatic rings. The lowest BCUT2D eigenvalue weighted by molar-refractivity contribution is 0.414. The van der Waals surface area contributed by atoms with E-state index < -0.39 is 0 Å². The number of hydrogen-bond donors (Lipinski definition) is 0. The molecule has 0 aliphatic carbocycles. The molecule has 1 heterocycles. The van der Waals surface area contributed by atoms with Crippen LogP contribution in [0.1, 0.15) is 5.56 Å². The summed E-state index contributed by atoms with van der Waals surface area (Å²) in [6.45, 7) is 0. The summed E-state index contributed by atoms with van der Waals surface area (Å²) in [5.74, 6) is 1.59. The van der Waals surface area contributed by atoms with Crippen molar-refractivity contribution in [2.24, 2.45) is 7.05 Å². The predicted octanol–water partition coefficient (Wildman–Crippen LogP) is 3.23. The van der Waals surface area contributed by atoms with Gasteiger partial charge >= 0.3 is 0 Å². The summed E-state index contributed by atoms with van der Waals surface area (Å²) in [5.41, 5.74) is 1.89. The van der Waals surface area contributed by atoms with Gasteiger partial charge in [0.2, 0.25) is 0 Å². The summed E-state index contributed by atoms with van der Waals surface area (Å²) in [7, 11) is 3.41. The standard InChI is InChI=1S/C17H16N2O2S/c1-19-16(20)14-5-3-4-6-15(14)18-17(19)22-11-12-7-9-13(21-2)10-8-12/h3-10H,11H2,1-2H3. The second-order valence-corrected chi connectivity index (χ2v) is 5.85. The highest BCUT2D eigenvalue weighted by molar-refractivity contribution is 7.98. The molecule has 0 saturated carbocycles. The fourth-order valence-electron chi connectivity index (χ4n) is 2.20. The molecule has 0 atom stereocenters. The summed E-state index contributed by atoms with van der Waals surface area (Å²) in [6.07, 6.45) is 0. The van der Waals surface area contributed by atoms with Gasteiger partial charge in [0.1, 0.15) is 5.75 Å². The maximum atomic E-state index is 12.3. The van der Waals surface area contributed by atoms with E-state index in [2.05, 4.69) is 4.98 Å². The van der Waals surface area contributed by atoms with Crippen molar-refractivity contribution in [3.05, 3.63) is 64.4 Å². The van der Waals surface area contributed by atoms with Crippen LogP contribution in [0, 0.1) is 0 Å². The lowest BCUT2D eigenvalue weighted by atomic mass is 10.2. The zero-order valence-corrected chi connectivity index (χ0v) is 13.3. The van der Waals surface area contributed by atoms with Crippen LogP contribution < -0.4 is 10.3 Å². The number of aromatic nitrogens is 2. The summed E-state index contributed by atoms with van der Waals surface area (Å²) in [4.78, 5) is 16.9. The molecule has 0 fully saturated rings. The third-order valence-electron chi connectivity index (χ3n) is 3.47. The van der Waals surface area contributed by atoms with E-state index in [0.717, 1.165) is 27.7 Å². The van der Waals surface area contributed by atoms with Gasteiger partial charge in [-0.05, 0) is 29.8 Å². The Balaban J connectivity index is 1.87. The third-order valence-corrected chi connectivity index (χ3v) is 4.57. The number of hydrogen-bond acceptors (Lipinski definition) is 4. The van der Waals surface area contributed by atoms with Crippen molar-refractivity contribution in [2.75, 3.05) is 7.11 Å². The molecule has 2 aromatic carbocycles. The highest BCUT2D eigenvalue weighted by atomic mass is 32.2. The van der Waals surface area contributed by atoms with Crippen molar-refractivity contribution in [3.63, 3.8) is 0 Å². The van der Waals surface area contributed by atoms with E-state index in [1.165, 1.54) is 0 Å². The Morgan fingerprint density at radius 2 is 1.86 bits per heavy atom. The smallest absolute Gasteiger partial charge is 0.261 e. The number of para-hydroxylation sites is 1. The summed E-state index contributed by atoms with van der Waals surface area (Å²) in [6, 6.07) is 15.3. The highest BCUT2D eigenvalue weighted by Crippen LogP contribution is 2.22. The molecule has 22 heavy (non-hydrogen) atoms. The van der Waals surface area contributed by atoms with E-state index in [9.17, 15) is 4.79 Å². The van der Waals surface area contributed by atoms with Gasteiger partial charge in [0.05, 0.1) is 18.0 Å². The van der Waals surface area contributed by atoms with Crippen molar-refractivity contribution in [2.45, 2.75) is 10.9 Å². The molecule has 4 nitrogen and oxygen atoms in total. The van der Waals surface area contributed by atoms with Gasteiger partial charge in [-0.25, -0.2) is 4.98 Å². The number of methoxy groups -OCH3 is 1. The molecule has 0 amide bonds. The maximum absolute atomic E-state index is 12.3. The van der Waals surface area contributed by atoms with E-state index in [4.69, 9.17) is 4.74 Å². The highest BCUT2D eigenvalue weighted by Gasteiger charge is 2.08. The second-order valence-electron chi connectivity index (χ2n) is 4.91. The van der Waals surface area contributed by atoms with Crippen LogP contribution in [0.15, 0.2) is 58.5 Å². The molecule has 0 aliphatic heterocycles. The fourth-order valence-corrected chi connectivity index (χ4v) is 3.12. The minimum atomic E-state index is -0.0113. The van der Waals surface area contributed by atoms with Crippen LogP contribution in [-0.4, -0.2) is 16.7 Å². The fraction of sp³-hybridized carbons (Fsp3) is 0.176. The SMILES string of the molecule is COc1ccc(CSc2nc3ccccc3c(=O)n2C)cc1.